The molecule has 4 aromatic rings. The lowest BCUT2D eigenvalue weighted by molar-refractivity contribution is -0.133. The van der Waals surface area contributed by atoms with Crippen molar-refractivity contribution in [3.8, 4) is 28.1 Å². The summed E-state index contributed by atoms with van der Waals surface area (Å²) < 4.78 is 5.96. The SMILES string of the molecule is CCc1ccc(-c2ccc(N3CCN(C(=O)COc4ccccc4-c4ccccc4)CC3)nn2)cc1. The van der Waals surface area contributed by atoms with E-state index in [0.717, 1.165) is 40.4 Å². The van der Waals surface area contributed by atoms with Crippen molar-refractivity contribution >= 4 is 11.7 Å². The normalized spacial score (nSPS) is 13.5. The molecule has 6 nitrogen and oxygen atoms in total. The zero-order chi connectivity index (χ0) is 24.7. The molecule has 2 heterocycles. The Bertz CT molecular complexity index is 1280. The van der Waals surface area contributed by atoms with Crippen LogP contribution in [0.1, 0.15) is 12.5 Å². The number of para-hydroxylation sites is 1. The zero-order valence-electron chi connectivity index (χ0n) is 20.5. The van der Waals surface area contributed by atoms with E-state index in [9.17, 15) is 4.79 Å². The van der Waals surface area contributed by atoms with Gasteiger partial charge in [0.1, 0.15) is 5.75 Å². The number of aryl methyl sites for hydroxylation is 1. The van der Waals surface area contributed by atoms with Crippen molar-refractivity contribution in [2.45, 2.75) is 13.3 Å². The number of benzene rings is 3. The van der Waals surface area contributed by atoms with E-state index in [1.54, 1.807) is 0 Å². The topological polar surface area (TPSA) is 58.6 Å². The number of carbonyl (C=O) groups is 1. The molecule has 5 rings (SSSR count). The van der Waals surface area contributed by atoms with Crippen LogP contribution >= 0.6 is 0 Å². The molecule has 0 aliphatic carbocycles. The number of hydrogen-bond donors (Lipinski definition) is 0. The number of hydrogen-bond acceptors (Lipinski definition) is 5. The molecule has 36 heavy (non-hydrogen) atoms. The molecule has 0 saturated carbocycles. The molecule has 0 unspecified atom stereocenters. The molecule has 0 atom stereocenters. The Labute approximate surface area is 212 Å². The van der Waals surface area contributed by atoms with Gasteiger partial charge in [0, 0.05) is 37.3 Å². The summed E-state index contributed by atoms with van der Waals surface area (Å²) in [4.78, 5) is 16.9. The van der Waals surface area contributed by atoms with Gasteiger partial charge in [0.15, 0.2) is 12.4 Å². The van der Waals surface area contributed by atoms with E-state index >= 15 is 0 Å². The monoisotopic (exact) mass is 478 g/mol. The molecule has 0 spiro atoms. The van der Waals surface area contributed by atoms with Gasteiger partial charge < -0.3 is 14.5 Å². The number of carbonyl (C=O) groups excluding carboxylic acids is 1. The fourth-order valence-electron chi connectivity index (χ4n) is 4.42. The maximum atomic E-state index is 12.9. The molecule has 6 heteroatoms. The quantitative estimate of drug-likeness (QED) is 0.370. The van der Waals surface area contributed by atoms with Crippen molar-refractivity contribution < 1.29 is 9.53 Å². The van der Waals surface area contributed by atoms with Crippen LogP contribution in [-0.2, 0) is 11.2 Å². The van der Waals surface area contributed by atoms with Gasteiger partial charge in [0.25, 0.3) is 5.91 Å². The van der Waals surface area contributed by atoms with Crippen molar-refractivity contribution in [1.82, 2.24) is 15.1 Å². The summed E-state index contributed by atoms with van der Waals surface area (Å²) in [7, 11) is 0. The lowest BCUT2D eigenvalue weighted by Crippen LogP contribution is -2.50. The molecular weight excluding hydrogens is 448 g/mol. The smallest absolute Gasteiger partial charge is 0.260 e. The Morgan fingerprint density at radius 2 is 1.50 bits per heavy atom. The van der Waals surface area contributed by atoms with Crippen molar-refractivity contribution in [2.75, 3.05) is 37.7 Å². The Balaban J connectivity index is 1.15. The highest BCUT2D eigenvalue weighted by atomic mass is 16.5. The number of anilines is 1. The second kappa shape index (κ2) is 11.0. The summed E-state index contributed by atoms with van der Waals surface area (Å²) >= 11 is 0. The number of aromatic nitrogens is 2. The number of piperazine rings is 1. The zero-order valence-corrected chi connectivity index (χ0v) is 20.5. The van der Waals surface area contributed by atoms with Gasteiger partial charge in [0.05, 0.1) is 5.69 Å². The summed E-state index contributed by atoms with van der Waals surface area (Å²) in [6, 6.07) is 30.4. The van der Waals surface area contributed by atoms with Crippen LogP contribution in [-0.4, -0.2) is 53.8 Å². The Morgan fingerprint density at radius 3 is 2.19 bits per heavy atom. The highest BCUT2D eigenvalue weighted by Gasteiger charge is 2.23. The largest absolute Gasteiger partial charge is 0.483 e. The van der Waals surface area contributed by atoms with Crippen molar-refractivity contribution in [3.05, 3.63) is 96.6 Å². The van der Waals surface area contributed by atoms with Crippen molar-refractivity contribution in [1.29, 1.82) is 0 Å². The molecule has 1 aliphatic rings. The number of amides is 1. The Hall–Kier alpha value is -4.19. The van der Waals surface area contributed by atoms with Crippen LogP contribution in [0, 0.1) is 0 Å². The Kier molecular flexibility index (Phi) is 7.22. The second-order valence-corrected chi connectivity index (χ2v) is 8.85. The number of rotatable bonds is 7. The van der Waals surface area contributed by atoms with E-state index in [4.69, 9.17) is 4.74 Å². The minimum absolute atomic E-state index is 0.00512. The molecule has 1 aromatic heterocycles. The predicted molar refractivity (Wildman–Crippen MR) is 143 cm³/mol. The average Bonchev–Trinajstić information content (AvgIpc) is 2.97. The van der Waals surface area contributed by atoms with Crippen molar-refractivity contribution in [2.24, 2.45) is 0 Å². The summed E-state index contributed by atoms with van der Waals surface area (Å²) in [5, 5.41) is 8.89. The van der Waals surface area contributed by atoms with Gasteiger partial charge in [0.2, 0.25) is 0 Å². The fourth-order valence-corrected chi connectivity index (χ4v) is 4.42. The first-order valence-electron chi connectivity index (χ1n) is 12.4. The maximum absolute atomic E-state index is 12.9. The van der Waals surface area contributed by atoms with E-state index in [2.05, 4.69) is 46.3 Å². The van der Waals surface area contributed by atoms with Gasteiger partial charge in [-0.25, -0.2) is 0 Å². The van der Waals surface area contributed by atoms with Crippen LogP contribution in [0.2, 0.25) is 0 Å². The van der Waals surface area contributed by atoms with Crippen LogP contribution in [0.25, 0.3) is 22.4 Å². The molecule has 1 saturated heterocycles. The highest BCUT2D eigenvalue weighted by Crippen LogP contribution is 2.29. The first-order valence-corrected chi connectivity index (χ1v) is 12.4. The van der Waals surface area contributed by atoms with E-state index in [0.29, 0.717) is 26.2 Å². The van der Waals surface area contributed by atoms with E-state index in [-0.39, 0.29) is 12.5 Å². The predicted octanol–water partition coefficient (Wildman–Crippen LogP) is 5.10. The molecule has 0 radical (unpaired) electrons. The fraction of sp³-hybridized carbons (Fsp3) is 0.233. The highest BCUT2D eigenvalue weighted by molar-refractivity contribution is 5.79. The van der Waals surface area contributed by atoms with Crippen LogP contribution in [0.4, 0.5) is 5.82 Å². The van der Waals surface area contributed by atoms with Crippen LogP contribution < -0.4 is 9.64 Å². The van der Waals surface area contributed by atoms with E-state index in [1.165, 1.54) is 5.56 Å². The first-order chi connectivity index (χ1) is 17.7. The molecule has 182 valence electrons. The lowest BCUT2D eigenvalue weighted by Gasteiger charge is -2.35. The third-order valence-electron chi connectivity index (χ3n) is 6.59. The van der Waals surface area contributed by atoms with E-state index in [1.807, 2.05) is 71.6 Å². The van der Waals surface area contributed by atoms with Gasteiger partial charge >= 0.3 is 0 Å². The minimum Gasteiger partial charge on any atom is -0.483 e. The van der Waals surface area contributed by atoms with E-state index < -0.39 is 0 Å². The molecule has 3 aromatic carbocycles. The third kappa shape index (κ3) is 5.38. The maximum Gasteiger partial charge on any atom is 0.260 e. The molecule has 1 aliphatic heterocycles. The van der Waals surface area contributed by atoms with Crippen LogP contribution in [0.5, 0.6) is 5.75 Å². The van der Waals surface area contributed by atoms with Crippen LogP contribution in [0.15, 0.2) is 91.0 Å². The number of nitrogens with zero attached hydrogens (tertiary/aromatic N) is 4. The standard InChI is InChI=1S/C30H30N4O2/c1-2-23-12-14-25(15-13-23)27-16-17-29(32-31-27)33-18-20-34(21-19-33)30(35)22-36-28-11-7-6-10-26(28)24-8-4-3-5-9-24/h3-17H,2,18-22H2,1H3. The molecule has 0 bridgehead atoms. The van der Waals surface area contributed by atoms with Gasteiger partial charge in [-0.15, -0.1) is 10.2 Å². The summed E-state index contributed by atoms with van der Waals surface area (Å²) in [6.07, 6.45) is 1.02. The minimum atomic E-state index is -0.00512. The number of ether oxygens (including phenoxy) is 1. The molecule has 0 N–H and O–H groups in total. The molecular formula is C30H30N4O2. The summed E-state index contributed by atoms with van der Waals surface area (Å²) in [5.74, 6) is 1.55. The third-order valence-corrected chi connectivity index (χ3v) is 6.59. The Morgan fingerprint density at radius 1 is 0.778 bits per heavy atom. The summed E-state index contributed by atoms with van der Waals surface area (Å²) in [5.41, 5.74) is 5.29. The first kappa shape index (κ1) is 23.5. The lowest BCUT2D eigenvalue weighted by atomic mass is 10.1. The summed E-state index contributed by atoms with van der Waals surface area (Å²) in [6.45, 7) is 4.86. The second-order valence-electron chi connectivity index (χ2n) is 8.85. The molecule has 1 fully saturated rings. The van der Waals surface area contributed by atoms with Gasteiger partial charge in [-0.3, -0.25) is 4.79 Å². The van der Waals surface area contributed by atoms with Gasteiger partial charge in [-0.05, 0) is 35.7 Å². The van der Waals surface area contributed by atoms with Gasteiger partial charge in [-0.1, -0.05) is 79.7 Å². The average molecular weight is 479 g/mol. The molecule has 1 amide bonds. The van der Waals surface area contributed by atoms with Crippen LogP contribution in [0.3, 0.4) is 0 Å². The van der Waals surface area contributed by atoms with Gasteiger partial charge in [-0.2, -0.15) is 0 Å². The van der Waals surface area contributed by atoms with Crippen molar-refractivity contribution in [3.63, 3.8) is 0 Å².